The van der Waals surface area contributed by atoms with E-state index in [1.165, 1.54) is 42.6 Å². The Balaban J connectivity index is 1.85. The number of nitro benzene ring substituents is 1. The molecule has 0 aliphatic carbocycles. The Bertz CT molecular complexity index is 1240. The minimum atomic E-state index is -4.11. The third-order valence-corrected chi connectivity index (χ3v) is 6.20. The number of sulfonamides is 1. The molecule has 0 atom stereocenters. The van der Waals surface area contributed by atoms with Gasteiger partial charge >= 0.3 is 0 Å². The van der Waals surface area contributed by atoms with Crippen LogP contribution in [0.4, 0.5) is 11.4 Å². The summed E-state index contributed by atoms with van der Waals surface area (Å²) < 4.78 is 27.3. The molecule has 164 valence electrons. The van der Waals surface area contributed by atoms with Crippen LogP contribution in [0.15, 0.2) is 88.9 Å². The molecule has 3 aromatic carbocycles. The highest BCUT2D eigenvalue weighted by atomic mass is 32.2. The highest BCUT2D eigenvalue weighted by Gasteiger charge is 2.27. The number of nitrogens with one attached hydrogen (secondary N) is 1. The topological polar surface area (TPSA) is 122 Å². The number of carbonyl (C=O) groups is 1. The van der Waals surface area contributed by atoms with Crippen LogP contribution >= 0.6 is 0 Å². The number of carbonyl (C=O) groups excluding carboxylic acids is 1. The maximum Gasteiger partial charge on any atom is 0.269 e. The molecule has 10 heteroatoms. The van der Waals surface area contributed by atoms with E-state index >= 15 is 0 Å². The standard InChI is InChI=1S/C22H20N4O5S/c1-17-6-5-7-18(14-17)15-23-24-22(27)16-25(19-10-12-20(13-11-19)26(28)29)32(30,31)21-8-3-2-4-9-21/h2-15H,16H2,1H3,(H,24,27)/b23-15-. The van der Waals surface area contributed by atoms with E-state index in [0.29, 0.717) is 0 Å². The number of hydrazone groups is 1. The molecule has 1 N–H and O–H groups in total. The second-order valence-electron chi connectivity index (χ2n) is 6.81. The highest BCUT2D eigenvalue weighted by molar-refractivity contribution is 7.92. The lowest BCUT2D eigenvalue weighted by molar-refractivity contribution is -0.384. The third kappa shape index (κ3) is 5.55. The fraction of sp³-hybridized carbons (Fsp3) is 0.0909. The van der Waals surface area contributed by atoms with Gasteiger partial charge in [-0.05, 0) is 36.8 Å². The smallest absolute Gasteiger partial charge is 0.269 e. The highest BCUT2D eigenvalue weighted by Crippen LogP contribution is 2.25. The van der Waals surface area contributed by atoms with Crippen LogP contribution in [-0.2, 0) is 14.8 Å². The van der Waals surface area contributed by atoms with Gasteiger partial charge in [0.2, 0.25) is 0 Å². The van der Waals surface area contributed by atoms with Crippen molar-refractivity contribution in [1.29, 1.82) is 0 Å². The van der Waals surface area contributed by atoms with E-state index in [0.717, 1.165) is 15.4 Å². The summed E-state index contributed by atoms with van der Waals surface area (Å²) in [5, 5.41) is 14.8. The van der Waals surface area contributed by atoms with Crippen LogP contribution in [0.5, 0.6) is 0 Å². The molecule has 0 bridgehead atoms. The molecule has 1 amide bonds. The molecule has 0 fully saturated rings. The largest absolute Gasteiger partial charge is 0.271 e. The summed E-state index contributed by atoms with van der Waals surface area (Å²) in [4.78, 5) is 22.8. The van der Waals surface area contributed by atoms with Crippen LogP contribution in [0.1, 0.15) is 11.1 Å². The summed E-state index contributed by atoms with van der Waals surface area (Å²) in [5.74, 6) is -0.674. The molecule has 3 aromatic rings. The first-order chi connectivity index (χ1) is 15.3. The fourth-order valence-corrected chi connectivity index (χ4v) is 4.31. The number of hydrogen-bond acceptors (Lipinski definition) is 6. The summed E-state index contributed by atoms with van der Waals surface area (Å²) in [6.07, 6.45) is 1.45. The summed E-state index contributed by atoms with van der Waals surface area (Å²) in [5.41, 5.74) is 4.03. The fourth-order valence-electron chi connectivity index (χ4n) is 2.87. The Kier molecular flexibility index (Phi) is 6.96. The van der Waals surface area contributed by atoms with Crippen molar-refractivity contribution < 1.29 is 18.1 Å². The minimum Gasteiger partial charge on any atom is -0.271 e. The molecule has 0 aromatic heterocycles. The lowest BCUT2D eigenvalue weighted by atomic mass is 10.2. The average molecular weight is 452 g/mol. The van der Waals surface area contributed by atoms with E-state index in [2.05, 4.69) is 10.5 Å². The Labute approximate surface area is 185 Å². The van der Waals surface area contributed by atoms with Crippen molar-refractivity contribution in [3.63, 3.8) is 0 Å². The van der Waals surface area contributed by atoms with Gasteiger partial charge in [0.1, 0.15) is 6.54 Å². The molecule has 3 rings (SSSR count). The van der Waals surface area contributed by atoms with Crippen LogP contribution in [0.25, 0.3) is 0 Å². The van der Waals surface area contributed by atoms with Crippen molar-refractivity contribution in [3.05, 3.63) is 100 Å². The molecule has 0 heterocycles. The first-order valence-corrected chi connectivity index (χ1v) is 10.9. The Morgan fingerprint density at radius 3 is 2.38 bits per heavy atom. The van der Waals surface area contributed by atoms with Crippen LogP contribution in [0, 0.1) is 17.0 Å². The molecule has 0 unspecified atom stereocenters. The van der Waals surface area contributed by atoms with E-state index in [4.69, 9.17) is 0 Å². The van der Waals surface area contributed by atoms with E-state index in [1.54, 1.807) is 18.2 Å². The molecule has 0 saturated heterocycles. The van der Waals surface area contributed by atoms with Crippen LogP contribution < -0.4 is 9.73 Å². The summed E-state index contributed by atoms with van der Waals surface area (Å²) in [6, 6.07) is 20.0. The van der Waals surface area contributed by atoms with Gasteiger partial charge in [-0.25, -0.2) is 13.8 Å². The van der Waals surface area contributed by atoms with Gasteiger partial charge in [-0.3, -0.25) is 19.2 Å². The van der Waals surface area contributed by atoms with Crippen molar-refractivity contribution in [2.24, 2.45) is 5.10 Å². The molecular weight excluding hydrogens is 432 g/mol. The molecule has 0 aliphatic heterocycles. The van der Waals surface area contributed by atoms with Gasteiger partial charge in [0.25, 0.3) is 21.6 Å². The normalized spacial score (nSPS) is 11.3. The molecule has 32 heavy (non-hydrogen) atoms. The molecular formula is C22H20N4O5S. The van der Waals surface area contributed by atoms with Gasteiger partial charge in [0, 0.05) is 12.1 Å². The second kappa shape index (κ2) is 9.84. The molecule has 0 saturated carbocycles. The minimum absolute atomic E-state index is 0.0191. The monoisotopic (exact) mass is 452 g/mol. The molecule has 0 radical (unpaired) electrons. The van der Waals surface area contributed by atoms with Crippen LogP contribution in [0.3, 0.4) is 0 Å². The van der Waals surface area contributed by atoms with E-state index < -0.39 is 27.4 Å². The van der Waals surface area contributed by atoms with Gasteiger partial charge in [0.15, 0.2) is 0 Å². The lowest BCUT2D eigenvalue weighted by Crippen LogP contribution is -2.39. The van der Waals surface area contributed by atoms with Gasteiger partial charge in [-0.2, -0.15) is 5.10 Å². The maximum absolute atomic E-state index is 13.2. The number of nitro groups is 1. The van der Waals surface area contributed by atoms with Crippen LogP contribution in [-0.4, -0.2) is 32.0 Å². The quantitative estimate of drug-likeness (QED) is 0.319. The zero-order chi connectivity index (χ0) is 23.1. The maximum atomic E-state index is 13.2. The number of hydrogen-bond donors (Lipinski definition) is 1. The first-order valence-electron chi connectivity index (χ1n) is 9.48. The number of non-ortho nitro benzene ring substituents is 1. The van der Waals surface area contributed by atoms with Gasteiger partial charge in [-0.1, -0.05) is 48.0 Å². The summed E-state index contributed by atoms with van der Waals surface area (Å²) >= 11 is 0. The van der Waals surface area contributed by atoms with Crippen molar-refractivity contribution in [1.82, 2.24) is 5.43 Å². The van der Waals surface area contributed by atoms with Crippen molar-refractivity contribution in [2.45, 2.75) is 11.8 Å². The number of benzene rings is 3. The summed E-state index contributed by atoms with van der Waals surface area (Å²) in [6.45, 7) is 1.35. The second-order valence-corrected chi connectivity index (χ2v) is 8.67. The Hall–Kier alpha value is -4.05. The zero-order valence-corrected chi connectivity index (χ0v) is 17.9. The first kappa shape index (κ1) is 22.6. The summed E-state index contributed by atoms with van der Waals surface area (Å²) in [7, 11) is -4.11. The number of amides is 1. The van der Waals surface area contributed by atoms with Crippen molar-refractivity contribution in [2.75, 3.05) is 10.8 Å². The number of rotatable bonds is 8. The van der Waals surface area contributed by atoms with Crippen LogP contribution in [0.2, 0.25) is 0 Å². The average Bonchev–Trinajstić information content (AvgIpc) is 2.78. The lowest BCUT2D eigenvalue weighted by Gasteiger charge is -2.23. The Morgan fingerprint density at radius 1 is 1.06 bits per heavy atom. The van der Waals surface area contributed by atoms with Gasteiger partial charge in [0.05, 0.1) is 21.7 Å². The Morgan fingerprint density at radius 2 is 1.75 bits per heavy atom. The van der Waals surface area contributed by atoms with Crippen molar-refractivity contribution >= 4 is 33.5 Å². The van der Waals surface area contributed by atoms with E-state index in [1.807, 2.05) is 31.2 Å². The third-order valence-electron chi connectivity index (χ3n) is 4.41. The number of aryl methyl sites for hydroxylation is 1. The number of nitrogens with zero attached hydrogens (tertiary/aromatic N) is 3. The van der Waals surface area contributed by atoms with E-state index in [-0.39, 0.29) is 16.3 Å². The molecule has 0 spiro atoms. The van der Waals surface area contributed by atoms with E-state index in [9.17, 15) is 23.3 Å². The van der Waals surface area contributed by atoms with Gasteiger partial charge in [-0.15, -0.1) is 0 Å². The predicted octanol–water partition coefficient (Wildman–Crippen LogP) is 3.25. The SMILES string of the molecule is Cc1cccc(/C=N\NC(=O)CN(c2ccc([N+](=O)[O-])cc2)S(=O)(=O)c2ccccc2)c1. The molecule has 0 aliphatic rings. The molecule has 9 nitrogen and oxygen atoms in total. The zero-order valence-electron chi connectivity index (χ0n) is 17.1. The predicted molar refractivity (Wildman–Crippen MR) is 121 cm³/mol. The van der Waals surface area contributed by atoms with Crippen molar-refractivity contribution in [3.8, 4) is 0 Å². The number of anilines is 1. The van der Waals surface area contributed by atoms with Gasteiger partial charge < -0.3 is 0 Å².